The molecule has 3 aromatic rings. The molecule has 1 heterocycles. The molecule has 0 fully saturated rings. The lowest BCUT2D eigenvalue weighted by Gasteiger charge is -2.07. The average molecular weight is 357 g/mol. The summed E-state index contributed by atoms with van der Waals surface area (Å²) in [6.45, 7) is 0.354. The number of amides is 1. The Hall–Kier alpha value is -2.99. The molecule has 7 heteroatoms. The van der Waals surface area contributed by atoms with E-state index in [4.69, 9.17) is 11.6 Å². The quantitative estimate of drug-likeness (QED) is 0.726. The molecule has 0 aliphatic heterocycles. The predicted molar refractivity (Wildman–Crippen MR) is 94.3 cm³/mol. The van der Waals surface area contributed by atoms with Crippen molar-refractivity contribution >= 4 is 29.0 Å². The van der Waals surface area contributed by atoms with Gasteiger partial charge in [-0.1, -0.05) is 35.9 Å². The van der Waals surface area contributed by atoms with Gasteiger partial charge in [0, 0.05) is 11.6 Å². The molecule has 0 bridgehead atoms. The molecular weight excluding hydrogens is 343 g/mol. The van der Waals surface area contributed by atoms with Gasteiger partial charge in [0.1, 0.15) is 5.82 Å². The van der Waals surface area contributed by atoms with Crippen LogP contribution in [-0.2, 0) is 6.54 Å². The van der Waals surface area contributed by atoms with Crippen LogP contribution in [0.1, 0.15) is 16.1 Å². The summed E-state index contributed by atoms with van der Waals surface area (Å²) >= 11 is 5.82. The van der Waals surface area contributed by atoms with Crippen LogP contribution < -0.4 is 10.6 Å². The summed E-state index contributed by atoms with van der Waals surface area (Å²) in [4.78, 5) is 12.1. The molecule has 25 heavy (non-hydrogen) atoms. The molecule has 0 radical (unpaired) electrons. The zero-order chi connectivity index (χ0) is 17.6. The van der Waals surface area contributed by atoms with Crippen molar-refractivity contribution < 1.29 is 9.18 Å². The minimum absolute atomic E-state index is 0.174. The van der Waals surface area contributed by atoms with Crippen LogP contribution in [0, 0.1) is 5.82 Å². The molecule has 1 aromatic heterocycles. The monoisotopic (exact) mass is 356 g/mol. The largest absolute Gasteiger partial charge is 0.347 e. The van der Waals surface area contributed by atoms with Crippen LogP contribution in [0.15, 0.2) is 60.7 Å². The van der Waals surface area contributed by atoms with Crippen LogP contribution in [0.3, 0.4) is 0 Å². The third-order valence-electron chi connectivity index (χ3n) is 3.40. The Morgan fingerprint density at radius 1 is 1.00 bits per heavy atom. The summed E-state index contributed by atoms with van der Waals surface area (Å²) in [5, 5.41) is 14.0. The van der Waals surface area contributed by atoms with E-state index in [2.05, 4.69) is 20.8 Å². The van der Waals surface area contributed by atoms with E-state index < -0.39 is 5.82 Å². The maximum absolute atomic E-state index is 13.6. The van der Waals surface area contributed by atoms with Crippen LogP contribution in [0.4, 0.5) is 15.9 Å². The number of anilines is 2. The van der Waals surface area contributed by atoms with Gasteiger partial charge in [-0.3, -0.25) is 4.79 Å². The normalized spacial score (nSPS) is 10.3. The van der Waals surface area contributed by atoms with Crippen molar-refractivity contribution in [3.05, 3.63) is 82.8 Å². The molecule has 2 aromatic carbocycles. The Kier molecular flexibility index (Phi) is 5.20. The minimum atomic E-state index is -0.394. The number of benzene rings is 2. The van der Waals surface area contributed by atoms with Gasteiger partial charge in [0.25, 0.3) is 5.91 Å². The van der Waals surface area contributed by atoms with Crippen molar-refractivity contribution in [3.63, 3.8) is 0 Å². The zero-order valence-corrected chi connectivity index (χ0v) is 13.8. The van der Waals surface area contributed by atoms with E-state index in [1.807, 2.05) is 12.1 Å². The van der Waals surface area contributed by atoms with Gasteiger partial charge >= 0.3 is 0 Å². The standard InChI is InChI=1S/C18H14ClFN4O/c19-13-7-5-12(6-8-13)11-21-18(25)16-9-10-17(24-23-16)22-15-4-2-1-3-14(15)20/h1-10H,11H2,(H,21,25)(H,22,24). The van der Waals surface area contributed by atoms with E-state index in [0.717, 1.165) is 5.56 Å². The summed E-state index contributed by atoms with van der Waals surface area (Å²) < 4.78 is 13.6. The Bertz CT molecular complexity index is 869. The summed E-state index contributed by atoms with van der Waals surface area (Å²) in [6.07, 6.45) is 0. The molecular formula is C18H14ClFN4O. The molecule has 3 rings (SSSR count). The number of hydrogen-bond donors (Lipinski definition) is 2. The molecule has 2 N–H and O–H groups in total. The van der Waals surface area contributed by atoms with Gasteiger partial charge in [-0.05, 0) is 42.0 Å². The highest BCUT2D eigenvalue weighted by molar-refractivity contribution is 6.30. The van der Waals surface area contributed by atoms with E-state index in [1.54, 1.807) is 36.4 Å². The van der Waals surface area contributed by atoms with Crippen LogP contribution in [0.2, 0.25) is 5.02 Å². The van der Waals surface area contributed by atoms with E-state index in [9.17, 15) is 9.18 Å². The maximum Gasteiger partial charge on any atom is 0.272 e. The molecule has 126 valence electrons. The highest BCUT2D eigenvalue weighted by Crippen LogP contribution is 2.17. The molecule has 1 amide bonds. The van der Waals surface area contributed by atoms with Crippen molar-refractivity contribution in [2.45, 2.75) is 6.54 Å². The smallest absolute Gasteiger partial charge is 0.272 e. The maximum atomic E-state index is 13.6. The van der Waals surface area contributed by atoms with Crippen molar-refractivity contribution in [3.8, 4) is 0 Å². The van der Waals surface area contributed by atoms with Crippen molar-refractivity contribution in [2.24, 2.45) is 0 Å². The first-order valence-electron chi connectivity index (χ1n) is 7.50. The van der Waals surface area contributed by atoms with Crippen molar-refractivity contribution in [1.82, 2.24) is 15.5 Å². The number of para-hydroxylation sites is 1. The van der Waals surface area contributed by atoms with Crippen LogP contribution >= 0.6 is 11.6 Å². The van der Waals surface area contributed by atoms with E-state index in [0.29, 0.717) is 17.4 Å². The van der Waals surface area contributed by atoms with Crippen LogP contribution in [0.5, 0.6) is 0 Å². The number of rotatable bonds is 5. The zero-order valence-electron chi connectivity index (χ0n) is 13.0. The van der Waals surface area contributed by atoms with Gasteiger partial charge in [-0.2, -0.15) is 0 Å². The van der Waals surface area contributed by atoms with Gasteiger partial charge in [0.15, 0.2) is 11.5 Å². The van der Waals surface area contributed by atoms with Crippen LogP contribution in [0.25, 0.3) is 0 Å². The highest BCUT2D eigenvalue weighted by Gasteiger charge is 2.09. The molecule has 0 aliphatic carbocycles. The minimum Gasteiger partial charge on any atom is -0.347 e. The van der Waals surface area contributed by atoms with Gasteiger partial charge < -0.3 is 10.6 Å². The first-order chi connectivity index (χ1) is 12.1. The summed E-state index contributed by atoms with van der Waals surface area (Å²) in [5.74, 6) is -0.395. The highest BCUT2D eigenvalue weighted by atomic mass is 35.5. The number of nitrogens with zero attached hydrogens (tertiary/aromatic N) is 2. The predicted octanol–water partition coefficient (Wildman–Crippen LogP) is 3.94. The number of halogens is 2. The summed E-state index contributed by atoms with van der Waals surface area (Å²) in [5.41, 5.74) is 1.38. The van der Waals surface area contributed by atoms with E-state index in [1.165, 1.54) is 12.1 Å². The Morgan fingerprint density at radius 2 is 1.76 bits per heavy atom. The number of carbonyl (C=O) groups is 1. The Balaban J connectivity index is 1.60. The summed E-state index contributed by atoms with van der Waals surface area (Å²) in [7, 11) is 0. The van der Waals surface area contributed by atoms with Crippen molar-refractivity contribution in [1.29, 1.82) is 0 Å². The molecule has 5 nitrogen and oxygen atoms in total. The molecule has 0 aliphatic rings. The van der Waals surface area contributed by atoms with Gasteiger partial charge in [-0.25, -0.2) is 4.39 Å². The van der Waals surface area contributed by atoms with Crippen LogP contribution in [-0.4, -0.2) is 16.1 Å². The third kappa shape index (κ3) is 4.51. The average Bonchev–Trinajstić information content (AvgIpc) is 2.63. The molecule has 0 saturated carbocycles. The molecule has 0 saturated heterocycles. The molecule has 0 spiro atoms. The molecule has 0 unspecified atom stereocenters. The molecule has 0 atom stereocenters. The second kappa shape index (κ2) is 7.72. The number of hydrogen-bond acceptors (Lipinski definition) is 4. The lowest BCUT2D eigenvalue weighted by molar-refractivity contribution is 0.0945. The van der Waals surface area contributed by atoms with Crippen molar-refractivity contribution in [2.75, 3.05) is 5.32 Å². The Labute approximate surface area is 148 Å². The number of aromatic nitrogens is 2. The lowest BCUT2D eigenvalue weighted by Crippen LogP contribution is -2.24. The SMILES string of the molecule is O=C(NCc1ccc(Cl)cc1)c1ccc(Nc2ccccc2F)nn1. The first kappa shape index (κ1) is 16.9. The fourth-order valence-corrected chi connectivity index (χ4v) is 2.22. The second-order valence-corrected chi connectivity index (χ2v) is 5.65. The topological polar surface area (TPSA) is 66.9 Å². The Morgan fingerprint density at radius 3 is 2.44 bits per heavy atom. The van der Waals surface area contributed by atoms with E-state index >= 15 is 0 Å². The second-order valence-electron chi connectivity index (χ2n) is 5.22. The van der Waals surface area contributed by atoms with Gasteiger partial charge in [-0.15, -0.1) is 10.2 Å². The fraction of sp³-hybridized carbons (Fsp3) is 0.0556. The number of nitrogens with one attached hydrogen (secondary N) is 2. The van der Waals surface area contributed by atoms with Gasteiger partial charge in [0.2, 0.25) is 0 Å². The fourth-order valence-electron chi connectivity index (χ4n) is 2.10. The third-order valence-corrected chi connectivity index (χ3v) is 3.65. The lowest BCUT2D eigenvalue weighted by atomic mass is 10.2. The summed E-state index contributed by atoms with van der Waals surface area (Å²) in [6, 6.07) is 16.5. The van der Waals surface area contributed by atoms with E-state index in [-0.39, 0.29) is 17.3 Å². The first-order valence-corrected chi connectivity index (χ1v) is 7.87. The number of carbonyl (C=O) groups excluding carboxylic acids is 1. The van der Waals surface area contributed by atoms with Gasteiger partial charge in [0.05, 0.1) is 5.69 Å².